The van der Waals surface area contributed by atoms with Crippen LogP contribution in [-0.2, 0) is 30.1 Å². The molecule has 1 heterocycles. The molecule has 32 heavy (non-hydrogen) atoms. The summed E-state index contributed by atoms with van der Waals surface area (Å²) in [4.78, 5) is 25.4. The van der Waals surface area contributed by atoms with Gasteiger partial charge in [0.15, 0.2) is 0 Å². The van der Waals surface area contributed by atoms with E-state index in [0.29, 0.717) is 17.7 Å². The zero-order chi connectivity index (χ0) is 23.7. The minimum Gasteiger partial charge on any atom is -0.491 e. The third-order valence-electron chi connectivity index (χ3n) is 4.77. The van der Waals surface area contributed by atoms with E-state index in [-0.39, 0.29) is 37.1 Å². The highest BCUT2D eigenvalue weighted by molar-refractivity contribution is 5.93. The number of alkyl halides is 6. The summed E-state index contributed by atoms with van der Waals surface area (Å²) >= 11 is 0. The van der Waals surface area contributed by atoms with Crippen molar-refractivity contribution in [2.24, 2.45) is 0 Å². The summed E-state index contributed by atoms with van der Waals surface area (Å²) < 4.78 is 83.7. The van der Waals surface area contributed by atoms with Crippen LogP contribution in [0.2, 0.25) is 0 Å². The van der Waals surface area contributed by atoms with Gasteiger partial charge in [-0.3, -0.25) is 14.8 Å². The first-order valence-electron chi connectivity index (χ1n) is 9.15. The first-order chi connectivity index (χ1) is 14.9. The van der Waals surface area contributed by atoms with Gasteiger partial charge in [0.2, 0.25) is 5.91 Å². The summed E-state index contributed by atoms with van der Waals surface area (Å²) in [7, 11) is 0. The zero-order valence-electron chi connectivity index (χ0n) is 16.2. The van der Waals surface area contributed by atoms with Crippen LogP contribution in [0.3, 0.4) is 0 Å². The van der Waals surface area contributed by atoms with Crippen molar-refractivity contribution < 1.29 is 45.9 Å². The van der Waals surface area contributed by atoms with E-state index >= 15 is 0 Å². The van der Waals surface area contributed by atoms with Gasteiger partial charge in [0.1, 0.15) is 12.4 Å². The lowest BCUT2D eigenvalue weighted by atomic mass is 10.0. The van der Waals surface area contributed by atoms with Gasteiger partial charge >= 0.3 is 12.4 Å². The number of fused-ring (bicyclic) bond motifs is 1. The molecule has 0 fully saturated rings. The number of ether oxygens (including phenoxy) is 1. The minimum absolute atomic E-state index is 0.00408. The summed E-state index contributed by atoms with van der Waals surface area (Å²) in [6, 6.07) is 5.23. The lowest BCUT2D eigenvalue weighted by Gasteiger charge is -2.21. The Morgan fingerprint density at radius 2 is 1.62 bits per heavy atom. The van der Waals surface area contributed by atoms with Gasteiger partial charge in [-0.15, -0.1) is 0 Å². The number of hydrogen-bond donors (Lipinski definition) is 2. The van der Waals surface area contributed by atoms with Gasteiger partial charge in [-0.05, 0) is 35.9 Å². The molecule has 2 aromatic rings. The molecule has 3 rings (SSSR count). The predicted molar refractivity (Wildman–Crippen MR) is 96.8 cm³/mol. The van der Waals surface area contributed by atoms with Crippen LogP contribution >= 0.6 is 0 Å². The number of rotatable bonds is 3. The smallest absolute Gasteiger partial charge is 0.416 e. The molecule has 12 heteroatoms. The van der Waals surface area contributed by atoms with Crippen molar-refractivity contribution in [3.8, 4) is 5.75 Å². The molecule has 2 aromatic carbocycles. The fourth-order valence-corrected chi connectivity index (χ4v) is 3.20. The van der Waals surface area contributed by atoms with Crippen molar-refractivity contribution in [1.29, 1.82) is 0 Å². The number of carbonyl (C=O) groups excluding carboxylic acids is 2. The molecule has 0 aromatic heterocycles. The number of amides is 2. The number of halogens is 6. The second-order valence-corrected chi connectivity index (χ2v) is 7.02. The van der Waals surface area contributed by atoms with Crippen LogP contribution < -0.4 is 10.2 Å². The van der Waals surface area contributed by atoms with Crippen LogP contribution in [0.25, 0.3) is 0 Å². The largest absolute Gasteiger partial charge is 0.491 e. The molecule has 1 aliphatic rings. The SMILES string of the molecule is O=C(NO)c1ccc2c(c1)OCCN(C(=O)Cc1cc(C(F)(F)F)cc(C(F)(F)F)c1)C2. The highest BCUT2D eigenvalue weighted by Crippen LogP contribution is 2.36. The van der Waals surface area contributed by atoms with Gasteiger partial charge in [-0.25, -0.2) is 5.48 Å². The number of hydrogen-bond acceptors (Lipinski definition) is 4. The maximum absolute atomic E-state index is 13.0. The second kappa shape index (κ2) is 8.69. The summed E-state index contributed by atoms with van der Waals surface area (Å²) in [5.41, 5.74) is -1.36. The Labute approximate surface area is 177 Å². The quantitative estimate of drug-likeness (QED) is 0.413. The van der Waals surface area contributed by atoms with E-state index < -0.39 is 47.3 Å². The van der Waals surface area contributed by atoms with E-state index in [1.54, 1.807) is 0 Å². The standard InChI is InChI=1S/C20H16F6N2O4/c21-19(22,23)14-5-11(6-15(9-14)20(24,25)26)7-17(29)28-3-4-32-16-8-12(18(30)27-31)1-2-13(16)10-28/h1-2,5-6,8-9,31H,3-4,7,10H2,(H,27,30). The molecule has 0 saturated heterocycles. The summed E-state index contributed by atoms with van der Waals surface area (Å²) in [6.45, 7) is -0.0141. The molecule has 0 aliphatic carbocycles. The molecule has 0 spiro atoms. The van der Waals surface area contributed by atoms with Crippen molar-refractivity contribution in [3.63, 3.8) is 0 Å². The number of benzene rings is 2. The van der Waals surface area contributed by atoms with E-state index in [4.69, 9.17) is 9.94 Å². The van der Waals surface area contributed by atoms with Gasteiger partial charge < -0.3 is 9.64 Å². The van der Waals surface area contributed by atoms with Crippen LogP contribution in [0.5, 0.6) is 5.75 Å². The average Bonchev–Trinajstić information content (AvgIpc) is 2.93. The second-order valence-electron chi connectivity index (χ2n) is 7.02. The van der Waals surface area contributed by atoms with Gasteiger partial charge in [-0.1, -0.05) is 6.07 Å². The molecule has 2 N–H and O–H groups in total. The number of nitrogens with one attached hydrogen (secondary N) is 1. The normalized spacial score (nSPS) is 14.3. The van der Waals surface area contributed by atoms with Crippen molar-refractivity contribution >= 4 is 11.8 Å². The molecule has 1 aliphatic heterocycles. The lowest BCUT2D eigenvalue weighted by molar-refractivity contribution is -0.143. The Hall–Kier alpha value is -3.28. The van der Waals surface area contributed by atoms with Crippen molar-refractivity contribution in [3.05, 3.63) is 64.2 Å². The zero-order valence-corrected chi connectivity index (χ0v) is 16.2. The summed E-state index contributed by atoms with van der Waals surface area (Å²) in [6.07, 6.45) is -10.7. The van der Waals surface area contributed by atoms with Gasteiger partial charge in [-0.2, -0.15) is 26.3 Å². The van der Waals surface area contributed by atoms with E-state index in [0.717, 1.165) is 0 Å². The monoisotopic (exact) mass is 462 g/mol. The number of nitrogens with zero attached hydrogens (tertiary/aromatic N) is 1. The van der Waals surface area contributed by atoms with Gasteiger partial charge in [0.25, 0.3) is 5.91 Å². The number of carbonyl (C=O) groups is 2. The molecule has 0 saturated carbocycles. The van der Waals surface area contributed by atoms with E-state index in [2.05, 4.69) is 0 Å². The maximum Gasteiger partial charge on any atom is 0.416 e. The van der Waals surface area contributed by atoms with E-state index in [1.807, 2.05) is 0 Å². The van der Waals surface area contributed by atoms with Crippen LogP contribution in [0.4, 0.5) is 26.3 Å². The third kappa shape index (κ3) is 5.31. The first kappa shape index (κ1) is 23.4. The average molecular weight is 462 g/mol. The molecule has 172 valence electrons. The molecule has 6 nitrogen and oxygen atoms in total. The Balaban J connectivity index is 1.83. The summed E-state index contributed by atoms with van der Waals surface area (Å²) in [5, 5.41) is 8.71. The Bertz CT molecular complexity index is 1000. The van der Waals surface area contributed by atoms with Crippen molar-refractivity contribution in [2.75, 3.05) is 13.2 Å². The lowest BCUT2D eigenvalue weighted by Crippen LogP contribution is -2.33. The molecule has 0 bridgehead atoms. The van der Waals surface area contributed by atoms with Crippen LogP contribution in [0.15, 0.2) is 36.4 Å². The molecular formula is C20H16F6N2O4. The highest BCUT2D eigenvalue weighted by Gasteiger charge is 2.37. The topological polar surface area (TPSA) is 78.9 Å². The maximum atomic E-state index is 13.0. The van der Waals surface area contributed by atoms with Gasteiger partial charge in [0, 0.05) is 17.7 Å². The first-order valence-corrected chi connectivity index (χ1v) is 9.15. The Morgan fingerprint density at radius 3 is 2.19 bits per heavy atom. The molecular weight excluding hydrogens is 446 g/mol. The van der Waals surface area contributed by atoms with Crippen molar-refractivity contribution in [1.82, 2.24) is 10.4 Å². The molecule has 0 radical (unpaired) electrons. The van der Waals surface area contributed by atoms with Crippen LogP contribution in [0.1, 0.15) is 32.6 Å². The Kier molecular flexibility index (Phi) is 6.35. The van der Waals surface area contributed by atoms with Crippen LogP contribution in [0, 0.1) is 0 Å². The molecule has 0 atom stereocenters. The fourth-order valence-electron chi connectivity index (χ4n) is 3.20. The summed E-state index contributed by atoms with van der Waals surface area (Å²) in [5.74, 6) is -1.20. The number of hydroxylamine groups is 1. The Morgan fingerprint density at radius 1 is 1.00 bits per heavy atom. The van der Waals surface area contributed by atoms with E-state index in [9.17, 15) is 35.9 Å². The fraction of sp³-hybridized carbons (Fsp3) is 0.300. The van der Waals surface area contributed by atoms with Gasteiger partial charge in [0.05, 0.1) is 24.1 Å². The van der Waals surface area contributed by atoms with Crippen LogP contribution in [-0.4, -0.2) is 35.1 Å². The van der Waals surface area contributed by atoms with E-state index in [1.165, 1.54) is 28.6 Å². The highest BCUT2D eigenvalue weighted by atomic mass is 19.4. The minimum atomic E-state index is -5.01. The third-order valence-corrected chi connectivity index (χ3v) is 4.77. The molecule has 0 unspecified atom stereocenters. The molecule has 2 amide bonds. The van der Waals surface area contributed by atoms with Crippen molar-refractivity contribution in [2.45, 2.75) is 25.3 Å². The predicted octanol–water partition coefficient (Wildman–Crippen LogP) is 3.81.